The molecule has 2 aromatic carbocycles. The Hall–Kier alpha value is -2.25. The summed E-state index contributed by atoms with van der Waals surface area (Å²) in [7, 11) is -3.71. The fourth-order valence-electron chi connectivity index (χ4n) is 3.98. The molecule has 1 unspecified atom stereocenters. The van der Waals surface area contributed by atoms with Gasteiger partial charge in [0.15, 0.2) is 0 Å². The average molecular weight is 433 g/mol. The van der Waals surface area contributed by atoms with E-state index in [1.807, 2.05) is 19.9 Å². The average Bonchev–Trinajstić information content (AvgIpc) is 2.69. The molecule has 7 heteroatoms. The summed E-state index contributed by atoms with van der Waals surface area (Å²) in [4.78, 5) is 13.2. The first-order chi connectivity index (χ1) is 14.0. The number of halogens is 1. The van der Waals surface area contributed by atoms with Crippen LogP contribution in [0.15, 0.2) is 41.3 Å². The molecule has 1 saturated heterocycles. The maximum absolute atomic E-state index is 13.4. The number of hydrogen-bond donors (Lipinski definition) is 1. The van der Waals surface area contributed by atoms with Crippen LogP contribution in [-0.2, 0) is 21.4 Å². The summed E-state index contributed by atoms with van der Waals surface area (Å²) in [5.41, 5.74) is 2.50. The third-order valence-electron chi connectivity index (χ3n) is 5.96. The van der Waals surface area contributed by atoms with E-state index in [-0.39, 0.29) is 24.8 Å². The highest BCUT2D eigenvalue weighted by molar-refractivity contribution is 7.89. The van der Waals surface area contributed by atoms with Crippen LogP contribution in [0.4, 0.5) is 4.39 Å². The Morgan fingerprint density at radius 2 is 1.83 bits per heavy atom. The second-order valence-corrected chi connectivity index (χ2v) is 10.4. The molecule has 0 saturated carbocycles. The number of aryl methyl sites for hydroxylation is 3. The fourth-order valence-corrected chi connectivity index (χ4v) is 5.87. The van der Waals surface area contributed by atoms with Gasteiger partial charge in [-0.2, -0.15) is 4.31 Å². The first-order valence-corrected chi connectivity index (χ1v) is 11.6. The van der Waals surface area contributed by atoms with Gasteiger partial charge < -0.3 is 5.32 Å². The zero-order chi connectivity index (χ0) is 22.1. The second-order valence-electron chi connectivity index (χ2n) is 8.52. The lowest BCUT2D eigenvalue weighted by atomic mass is 9.82. The highest BCUT2D eigenvalue weighted by Gasteiger charge is 2.42. The first-order valence-electron chi connectivity index (χ1n) is 10.1. The molecule has 3 rings (SSSR count). The van der Waals surface area contributed by atoms with Crippen molar-refractivity contribution in [1.82, 2.24) is 9.62 Å². The molecule has 0 aliphatic carbocycles. The van der Waals surface area contributed by atoms with E-state index in [1.165, 1.54) is 16.4 Å². The van der Waals surface area contributed by atoms with E-state index in [9.17, 15) is 17.6 Å². The van der Waals surface area contributed by atoms with Crippen molar-refractivity contribution in [1.29, 1.82) is 0 Å². The Morgan fingerprint density at radius 1 is 1.13 bits per heavy atom. The fraction of sp³-hybridized carbons (Fsp3) is 0.435. The Morgan fingerprint density at radius 3 is 2.53 bits per heavy atom. The summed E-state index contributed by atoms with van der Waals surface area (Å²) in [5.74, 6) is -0.574. The van der Waals surface area contributed by atoms with Crippen LogP contribution in [0, 0.1) is 32.0 Å². The van der Waals surface area contributed by atoms with Gasteiger partial charge in [0.2, 0.25) is 15.9 Å². The molecule has 1 amide bonds. The van der Waals surface area contributed by atoms with Crippen molar-refractivity contribution >= 4 is 15.9 Å². The monoisotopic (exact) mass is 432 g/mol. The van der Waals surface area contributed by atoms with Gasteiger partial charge in [-0.15, -0.1) is 0 Å². The molecule has 2 aromatic rings. The lowest BCUT2D eigenvalue weighted by molar-refractivity contribution is -0.132. The molecule has 1 aliphatic rings. The molecule has 1 aliphatic heterocycles. The van der Waals surface area contributed by atoms with Gasteiger partial charge in [-0.05, 0) is 81.0 Å². The summed E-state index contributed by atoms with van der Waals surface area (Å²) >= 11 is 0. The molecular weight excluding hydrogens is 403 g/mol. The predicted octanol–water partition coefficient (Wildman–Crippen LogP) is 3.86. The van der Waals surface area contributed by atoms with E-state index in [2.05, 4.69) is 5.32 Å². The number of amides is 1. The van der Waals surface area contributed by atoms with Crippen LogP contribution in [0.25, 0.3) is 0 Å². The maximum atomic E-state index is 13.4. The number of nitrogens with one attached hydrogen (secondary N) is 1. The number of rotatable bonds is 5. The quantitative estimate of drug-likeness (QED) is 0.780. The van der Waals surface area contributed by atoms with Crippen LogP contribution < -0.4 is 5.32 Å². The second kappa shape index (κ2) is 8.47. The summed E-state index contributed by atoms with van der Waals surface area (Å²) in [6.45, 7) is 8.16. The standard InChI is InChI=1S/C23H29FN2O3S/c1-16-11-18(3)21(12-17(16)2)30(28,29)26-10-6-9-23(4,15-26)22(27)25-14-19-7-5-8-20(24)13-19/h5,7-8,11-13H,6,9-10,14-15H2,1-4H3,(H,25,27). The van der Waals surface area contributed by atoms with Crippen molar-refractivity contribution in [3.8, 4) is 0 Å². The Kier molecular flexibility index (Phi) is 6.34. The van der Waals surface area contributed by atoms with E-state index in [0.29, 0.717) is 35.4 Å². The summed E-state index contributed by atoms with van der Waals surface area (Å²) in [5, 5.41) is 2.85. The topological polar surface area (TPSA) is 66.5 Å². The van der Waals surface area contributed by atoms with E-state index >= 15 is 0 Å². The highest BCUT2D eigenvalue weighted by Crippen LogP contribution is 2.34. The summed E-state index contributed by atoms with van der Waals surface area (Å²) in [6.07, 6.45) is 1.20. The SMILES string of the molecule is Cc1cc(C)c(S(=O)(=O)N2CCCC(C)(C(=O)NCc3cccc(F)c3)C2)cc1C. The Bertz CT molecular complexity index is 1070. The third-order valence-corrected chi connectivity index (χ3v) is 7.95. The number of carbonyl (C=O) groups excluding carboxylic acids is 1. The molecular formula is C23H29FN2O3S. The minimum atomic E-state index is -3.71. The van der Waals surface area contributed by atoms with Gasteiger partial charge in [0.05, 0.1) is 10.3 Å². The number of nitrogens with zero attached hydrogens (tertiary/aromatic N) is 1. The van der Waals surface area contributed by atoms with Crippen LogP contribution in [0.3, 0.4) is 0 Å². The van der Waals surface area contributed by atoms with Crippen molar-refractivity contribution in [2.45, 2.75) is 52.0 Å². The van der Waals surface area contributed by atoms with Gasteiger partial charge in [-0.1, -0.05) is 18.2 Å². The molecule has 162 valence electrons. The summed E-state index contributed by atoms with van der Waals surface area (Å²) < 4.78 is 41.5. The van der Waals surface area contributed by atoms with Gasteiger partial charge in [0.25, 0.3) is 0 Å². The lowest BCUT2D eigenvalue weighted by Crippen LogP contribution is -2.51. The number of piperidine rings is 1. The largest absolute Gasteiger partial charge is 0.352 e. The van der Waals surface area contributed by atoms with E-state index in [1.54, 1.807) is 32.0 Å². The summed E-state index contributed by atoms with van der Waals surface area (Å²) in [6, 6.07) is 9.67. The molecule has 1 N–H and O–H groups in total. The third kappa shape index (κ3) is 4.57. The van der Waals surface area contributed by atoms with Crippen molar-refractivity contribution in [3.63, 3.8) is 0 Å². The van der Waals surface area contributed by atoms with Crippen LogP contribution in [0.1, 0.15) is 42.0 Å². The zero-order valence-electron chi connectivity index (χ0n) is 18.0. The Labute approximate surface area is 178 Å². The molecule has 1 heterocycles. The normalized spacial score (nSPS) is 20.2. The highest BCUT2D eigenvalue weighted by atomic mass is 32.2. The molecule has 0 aromatic heterocycles. The molecule has 0 bridgehead atoms. The molecule has 30 heavy (non-hydrogen) atoms. The van der Waals surface area contributed by atoms with Crippen molar-refractivity contribution in [3.05, 3.63) is 64.5 Å². The van der Waals surface area contributed by atoms with Crippen LogP contribution in [0.5, 0.6) is 0 Å². The van der Waals surface area contributed by atoms with Crippen molar-refractivity contribution in [2.24, 2.45) is 5.41 Å². The molecule has 0 radical (unpaired) electrons. The number of hydrogen-bond acceptors (Lipinski definition) is 3. The van der Waals surface area contributed by atoms with Crippen LogP contribution >= 0.6 is 0 Å². The van der Waals surface area contributed by atoms with E-state index < -0.39 is 15.4 Å². The first kappa shape index (κ1) is 22.4. The van der Waals surface area contributed by atoms with Gasteiger partial charge in [0.1, 0.15) is 5.82 Å². The lowest BCUT2D eigenvalue weighted by Gasteiger charge is -2.38. The van der Waals surface area contributed by atoms with Gasteiger partial charge >= 0.3 is 0 Å². The van der Waals surface area contributed by atoms with E-state index in [4.69, 9.17) is 0 Å². The molecule has 5 nitrogen and oxygen atoms in total. The van der Waals surface area contributed by atoms with Gasteiger partial charge in [-0.25, -0.2) is 12.8 Å². The van der Waals surface area contributed by atoms with Crippen LogP contribution in [-0.4, -0.2) is 31.7 Å². The zero-order valence-corrected chi connectivity index (χ0v) is 18.8. The van der Waals surface area contributed by atoms with Crippen molar-refractivity contribution in [2.75, 3.05) is 13.1 Å². The number of sulfonamides is 1. The van der Waals surface area contributed by atoms with Gasteiger partial charge in [0, 0.05) is 19.6 Å². The molecule has 0 spiro atoms. The van der Waals surface area contributed by atoms with Gasteiger partial charge in [-0.3, -0.25) is 4.79 Å². The number of carbonyl (C=O) groups is 1. The minimum absolute atomic E-state index is 0.122. The smallest absolute Gasteiger partial charge is 0.243 e. The minimum Gasteiger partial charge on any atom is -0.352 e. The number of benzene rings is 2. The molecule has 1 fully saturated rings. The van der Waals surface area contributed by atoms with Crippen LogP contribution in [0.2, 0.25) is 0 Å². The molecule has 1 atom stereocenters. The van der Waals surface area contributed by atoms with E-state index in [0.717, 1.165) is 11.1 Å². The van der Waals surface area contributed by atoms with Crippen molar-refractivity contribution < 1.29 is 17.6 Å². The maximum Gasteiger partial charge on any atom is 0.243 e. The Balaban J connectivity index is 1.78. The predicted molar refractivity (Wildman–Crippen MR) is 115 cm³/mol.